The summed E-state index contributed by atoms with van der Waals surface area (Å²) in [5.74, 6) is 0.754. The number of aromatic nitrogens is 2. The Morgan fingerprint density at radius 2 is 1.75 bits per heavy atom. The van der Waals surface area contributed by atoms with Crippen molar-refractivity contribution in [2.75, 3.05) is 19.3 Å². The molecule has 0 radical (unpaired) electrons. The molecule has 2 aromatic carbocycles. The highest BCUT2D eigenvalue weighted by atomic mass is 127. The maximum absolute atomic E-state index is 11.6. The van der Waals surface area contributed by atoms with E-state index in [2.05, 4.69) is 27.9 Å². The van der Waals surface area contributed by atoms with Crippen molar-refractivity contribution in [1.29, 1.82) is 0 Å². The van der Waals surface area contributed by atoms with Gasteiger partial charge in [0.1, 0.15) is 0 Å². The van der Waals surface area contributed by atoms with Gasteiger partial charge >= 0.3 is 0 Å². The fourth-order valence-corrected chi connectivity index (χ4v) is 3.80. The van der Waals surface area contributed by atoms with E-state index in [1.165, 1.54) is 11.8 Å². The summed E-state index contributed by atoms with van der Waals surface area (Å²) in [7, 11) is -3.17. The van der Waals surface area contributed by atoms with Gasteiger partial charge in [-0.1, -0.05) is 36.4 Å². The highest BCUT2D eigenvalue weighted by Gasteiger charge is 2.07. The lowest BCUT2D eigenvalue weighted by atomic mass is 10.1. The Kier molecular flexibility index (Phi) is 10.2. The molecule has 0 spiro atoms. The number of sulfone groups is 1. The van der Waals surface area contributed by atoms with Crippen molar-refractivity contribution in [2.45, 2.75) is 31.3 Å². The number of hydrogen-bond donors (Lipinski definition) is 2. The number of guanidine groups is 1. The average molecular weight is 567 g/mol. The second kappa shape index (κ2) is 12.6. The molecule has 0 unspecified atom stereocenters. The van der Waals surface area contributed by atoms with Crippen molar-refractivity contribution < 1.29 is 8.42 Å². The van der Waals surface area contributed by atoms with E-state index in [1.54, 1.807) is 18.3 Å². The van der Waals surface area contributed by atoms with Crippen molar-refractivity contribution >= 4 is 39.8 Å². The molecular weight excluding hydrogens is 537 g/mol. The third-order valence-corrected chi connectivity index (χ3v) is 5.95. The Morgan fingerprint density at radius 3 is 2.38 bits per heavy atom. The van der Waals surface area contributed by atoms with E-state index in [4.69, 9.17) is 4.99 Å². The molecule has 3 rings (SSSR count). The molecule has 0 aliphatic rings. The second-order valence-electron chi connectivity index (χ2n) is 7.26. The van der Waals surface area contributed by atoms with Crippen LogP contribution in [0.1, 0.15) is 23.6 Å². The van der Waals surface area contributed by atoms with Gasteiger partial charge in [0.15, 0.2) is 15.8 Å². The number of rotatable bonds is 9. The molecule has 1 aromatic heterocycles. The number of aliphatic imine (C=N–C) groups is 1. The summed E-state index contributed by atoms with van der Waals surface area (Å²) >= 11 is 0. The fraction of sp³-hybridized carbons (Fsp3) is 0.304. The van der Waals surface area contributed by atoms with Crippen molar-refractivity contribution in [3.63, 3.8) is 0 Å². The Labute approximate surface area is 207 Å². The van der Waals surface area contributed by atoms with E-state index in [0.29, 0.717) is 24.5 Å². The van der Waals surface area contributed by atoms with Gasteiger partial charge < -0.3 is 10.6 Å². The summed E-state index contributed by atoms with van der Waals surface area (Å²) in [6.45, 7) is 4.78. The van der Waals surface area contributed by atoms with Crippen LogP contribution in [0.3, 0.4) is 0 Å². The first-order valence-electron chi connectivity index (χ1n) is 10.3. The zero-order valence-corrected chi connectivity index (χ0v) is 21.5. The van der Waals surface area contributed by atoms with Gasteiger partial charge in [0, 0.05) is 31.7 Å². The Morgan fingerprint density at radius 1 is 1.03 bits per heavy atom. The van der Waals surface area contributed by atoms with Gasteiger partial charge in [-0.2, -0.15) is 5.10 Å². The predicted molar refractivity (Wildman–Crippen MR) is 139 cm³/mol. The highest BCUT2D eigenvalue weighted by molar-refractivity contribution is 14.0. The lowest BCUT2D eigenvalue weighted by Gasteiger charge is -2.13. The van der Waals surface area contributed by atoms with Crippen molar-refractivity contribution in [2.24, 2.45) is 4.99 Å². The Bertz CT molecular complexity index is 1100. The summed E-state index contributed by atoms with van der Waals surface area (Å²) in [6.07, 6.45) is 5.72. The summed E-state index contributed by atoms with van der Waals surface area (Å²) < 4.78 is 25.1. The molecule has 0 saturated carbocycles. The molecule has 1 heterocycles. The molecule has 3 aromatic rings. The first kappa shape index (κ1) is 25.9. The van der Waals surface area contributed by atoms with Crippen LogP contribution in [0.15, 0.2) is 76.9 Å². The Hall–Kier alpha value is -2.40. The quantitative estimate of drug-likeness (QED) is 0.236. The van der Waals surface area contributed by atoms with Crippen LogP contribution in [0.2, 0.25) is 0 Å². The molecule has 0 aliphatic heterocycles. The number of halogens is 1. The van der Waals surface area contributed by atoms with E-state index in [0.717, 1.165) is 30.1 Å². The van der Waals surface area contributed by atoms with E-state index < -0.39 is 9.84 Å². The molecule has 0 fully saturated rings. The van der Waals surface area contributed by atoms with Gasteiger partial charge in [-0.05, 0) is 48.2 Å². The molecule has 32 heavy (non-hydrogen) atoms. The monoisotopic (exact) mass is 567 g/mol. The maximum atomic E-state index is 11.6. The third kappa shape index (κ3) is 7.94. The van der Waals surface area contributed by atoms with Crippen LogP contribution in [0.5, 0.6) is 0 Å². The standard InChI is InChI=1S/C23H29N5O2S.HI/c1-3-24-23(25-15-13-19-9-11-22(12-10-19)31(2,29)30)26-17-20-7-4-5-8-21(20)18-28-16-6-14-27-28;/h4-12,14,16H,3,13,15,17-18H2,1-2H3,(H2,24,25,26);1H. The second-order valence-corrected chi connectivity index (χ2v) is 9.28. The summed E-state index contributed by atoms with van der Waals surface area (Å²) in [4.78, 5) is 5.08. The van der Waals surface area contributed by atoms with E-state index in [9.17, 15) is 8.42 Å². The van der Waals surface area contributed by atoms with Gasteiger partial charge in [-0.15, -0.1) is 24.0 Å². The molecule has 172 valence electrons. The zero-order valence-electron chi connectivity index (χ0n) is 18.4. The van der Waals surface area contributed by atoms with Gasteiger partial charge in [0.05, 0.1) is 18.0 Å². The normalized spacial score (nSPS) is 11.6. The minimum Gasteiger partial charge on any atom is -0.357 e. The first-order chi connectivity index (χ1) is 15.0. The van der Waals surface area contributed by atoms with Crippen LogP contribution in [-0.4, -0.2) is 43.5 Å². The zero-order chi connectivity index (χ0) is 22.1. The van der Waals surface area contributed by atoms with Gasteiger partial charge in [0.25, 0.3) is 0 Å². The maximum Gasteiger partial charge on any atom is 0.191 e. The number of nitrogens with zero attached hydrogens (tertiary/aromatic N) is 3. The van der Waals surface area contributed by atoms with Crippen molar-refractivity contribution in [3.8, 4) is 0 Å². The summed E-state index contributed by atoms with van der Waals surface area (Å²) in [5.41, 5.74) is 3.42. The third-order valence-electron chi connectivity index (χ3n) is 4.82. The van der Waals surface area contributed by atoms with Crippen LogP contribution in [0.4, 0.5) is 0 Å². The smallest absolute Gasteiger partial charge is 0.191 e. The van der Waals surface area contributed by atoms with Crippen LogP contribution < -0.4 is 10.6 Å². The topological polar surface area (TPSA) is 88.4 Å². The number of hydrogen-bond acceptors (Lipinski definition) is 4. The van der Waals surface area contributed by atoms with Gasteiger partial charge in [-0.3, -0.25) is 4.68 Å². The van der Waals surface area contributed by atoms with Gasteiger partial charge in [0.2, 0.25) is 0 Å². The number of nitrogens with one attached hydrogen (secondary N) is 2. The van der Waals surface area contributed by atoms with E-state index >= 15 is 0 Å². The predicted octanol–water partition coefficient (Wildman–Crippen LogP) is 3.25. The highest BCUT2D eigenvalue weighted by Crippen LogP contribution is 2.12. The molecule has 9 heteroatoms. The summed E-state index contributed by atoms with van der Waals surface area (Å²) in [5, 5.41) is 10.9. The van der Waals surface area contributed by atoms with Crippen LogP contribution >= 0.6 is 24.0 Å². The van der Waals surface area contributed by atoms with Crippen LogP contribution in [0, 0.1) is 0 Å². The SMILES string of the molecule is CCNC(=NCc1ccccc1Cn1cccn1)NCCc1ccc(S(C)(=O)=O)cc1.I. The lowest BCUT2D eigenvalue weighted by Crippen LogP contribution is -2.38. The minimum atomic E-state index is -3.17. The fourth-order valence-electron chi connectivity index (χ4n) is 3.17. The largest absolute Gasteiger partial charge is 0.357 e. The molecule has 0 atom stereocenters. The lowest BCUT2D eigenvalue weighted by molar-refractivity contribution is 0.602. The first-order valence-corrected chi connectivity index (χ1v) is 12.2. The van der Waals surface area contributed by atoms with E-state index in [1.807, 2.05) is 48.1 Å². The summed E-state index contributed by atoms with van der Waals surface area (Å²) in [6, 6.07) is 17.2. The van der Waals surface area contributed by atoms with E-state index in [-0.39, 0.29) is 24.0 Å². The molecule has 2 N–H and O–H groups in total. The molecule has 0 saturated heterocycles. The Balaban J connectivity index is 0.00000363. The molecule has 7 nitrogen and oxygen atoms in total. The van der Waals surface area contributed by atoms with Crippen molar-refractivity contribution in [3.05, 3.63) is 83.7 Å². The molecule has 0 aliphatic carbocycles. The van der Waals surface area contributed by atoms with Crippen LogP contribution in [0.25, 0.3) is 0 Å². The molecular formula is C23H30IN5O2S. The molecule has 0 amide bonds. The van der Waals surface area contributed by atoms with Gasteiger partial charge in [-0.25, -0.2) is 13.4 Å². The number of benzene rings is 2. The average Bonchev–Trinajstić information content (AvgIpc) is 3.26. The van der Waals surface area contributed by atoms with Crippen LogP contribution in [-0.2, 0) is 29.3 Å². The van der Waals surface area contributed by atoms with Crippen molar-refractivity contribution in [1.82, 2.24) is 20.4 Å². The minimum absolute atomic E-state index is 0. The molecule has 0 bridgehead atoms.